The van der Waals surface area contributed by atoms with E-state index in [-0.39, 0.29) is 17.5 Å². The van der Waals surface area contributed by atoms with Gasteiger partial charge in [-0.2, -0.15) is 0 Å². The van der Waals surface area contributed by atoms with Gasteiger partial charge in [0.05, 0.1) is 11.3 Å². The maximum atomic E-state index is 13.6. The predicted octanol–water partition coefficient (Wildman–Crippen LogP) is 4.18. The Kier molecular flexibility index (Phi) is 4.95. The standard InChI is InChI=1S/C20H18FN5OS/c1-3-26-16-7-5-4-6-14(16)18-19(26)23-20(25-24-18)28-11-17(27)22-13-9-8-12(2)15(21)10-13/h4-10H,3,11H2,1-2H3,(H,22,27). The van der Waals surface area contributed by atoms with Gasteiger partial charge >= 0.3 is 0 Å². The third-order valence-corrected chi connectivity index (χ3v) is 5.30. The summed E-state index contributed by atoms with van der Waals surface area (Å²) in [6.07, 6.45) is 0. The molecule has 0 aliphatic rings. The molecule has 0 aliphatic heterocycles. The lowest BCUT2D eigenvalue weighted by Crippen LogP contribution is -2.14. The molecular formula is C20H18FN5OS. The number of carbonyl (C=O) groups is 1. The number of thioether (sulfide) groups is 1. The number of hydrogen-bond acceptors (Lipinski definition) is 5. The molecule has 6 nitrogen and oxygen atoms in total. The fourth-order valence-corrected chi connectivity index (χ4v) is 3.65. The molecule has 4 aromatic rings. The first kappa shape index (κ1) is 18.4. The minimum absolute atomic E-state index is 0.106. The number of anilines is 1. The van der Waals surface area contributed by atoms with Crippen LogP contribution in [0.5, 0.6) is 0 Å². The van der Waals surface area contributed by atoms with E-state index in [1.165, 1.54) is 17.8 Å². The summed E-state index contributed by atoms with van der Waals surface area (Å²) in [5.41, 5.74) is 3.52. The summed E-state index contributed by atoms with van der Waals surface area (Å²) in [4.78, 5) is 16.8. The molecule has 0 unspecified atom stereocenters. The van der Waals surface area contributed by atoms with Gasteiger partial charge in [0, 0.05) is 17.6 Å². The van der Waals surface area contributed by atoms with Crippen LogP contribution in [0.1, 0.15) is 12.5 Å². The molecule has 0 aliphatic carbocycles. The van der Waals surface area contributed by atoms with Gasteiger partial charge in [-0.3, -0.25) is 4.79 Å². The normalized spacial score (nSPS) is 11.2. The summed E-state index contributed by atoms with van der Waals surface area (Å²) in [6, 6.07) is 12.6. The van der Waals surface area contributed by atoms with Crippen LogP contribution in [0, 0.1) is 12.7 Å². The molecule has 0 radical (unpaired) electrons. The average Bonchev–Trinajstić information content (AvgIpc) is 3.02. The number of benzene rings is 2. The van der Waals surface area contributed by atoms with E-state index >= 15 is 0 Å². The molecule has 142 valence electrons. The molecule has 0 atom stereocenters. The van der Waals surface area contributed by atoms with Gasteiger partial charge in [-0.15, -0.1) is 10.2 Å². The van der Waals surface area contributed by atoms with Crippen molar-refractivity contribution < 1.29 is 9.18 Å². The minimum atomic E-state index is -0.351. The molecule has 8 heteroatoms. The summed E-state index contributed by atoms with van der Waals surface area (Å²) in [5.74, 6) is -0.501. The monoisotopic (exact) mass is 395 g/mol. The number of aromatic nitrogens is 4. The first-order chi connectivity index (χ1) is 13.6. The SMILES string of the molecule is CCn1c2ccccc2c2nnc(SCC(=O)Nc3ccc(C)c(F)c3)nc21. The van der Waals surface area contributed by atoms with Gasteiger partial charge in [0.25, 0.3) is 0 Å². The molecule has 0 spiro atoms. The van der Waals surface area contributed by atoms with Crippen LogP contribution < -0.4 is 5.32 Å². The van der Waals surface area contributed by atoms with Crippen molar-refractivity contribution >= 4 is 45.4 Å². The number of carbonyl (C=O) groups excluding carboxylic acids is 1. The van der Waals surface area contributed by atoms with Gasteiger partial charge in [-0.25, -0.2) is 9.37 Å². The van der Waals surface area contributed by atoms with E-state index in [1.54, 1.807) is 19.1 Å². The summed E-state index contributed by atoms with van der Waals surface area (Å²) < 4.78 is 15.7. The van der Waals surface area contributed by atoms with E-state index in [0.29, 0.717) is 16.4 Å². The van der Waals surface area contributed by atoms with Crippen LogP contribution in [0.15, 0.2) is 47.6 Å². The summed E-state index contributed by atoms with van der Waals surface area (Å²) >= 11 is 1.20. The van der Waals surface area contributed by atoms with Gasteiger partial charge < -0.3 is 9.88 Å². The number of halogens is 1. The minimum Gasteiger partial charge on any atom is -0.325 e. The lowest BCUT2D eigenvalue weighted by Gasteiger charge is -2.06. The summed E-state index contributed by atoms with van der Waals surface area (Å²) in [7, 11) is 0. The average molecular weight is 395 g/mol. The highest BCUT2D eigenvalue weighted by Crippen LogP contribution is 2.27. The number of nitrogens with one attached hydrogen (secondary N) is 1. The van der Waals surface area contributed by atoms with Crippen LogP contribution in [0.2, 0.25) is 0 Å². The van der Waals surface area contributed by atoms with Crippen molar-refractivity contribution in [2.24, 2.45) is 0 Å². The Morgan fingerprint density at radius 3 is 2.82 bits per heavy atom. The van der Waals surface area contributed by atoms with Gasteiger partial charge in [0.15, 0.2) is 5.65 Å². The molecule has 0 saturated carbocycles. The molecule has 1 N–H and O–H groups in total. The Bertz CT molecular complexity index is 1190. The summed E-state index contributed by atoms with van der Waals surface area (Å²) in [5, 5.41) is 12.6. The quantitative estimate of drug-likeness (QED) is 0.513. The Labute approximate surface area is 165 Å². The van der Waals surface area contributed by atoms with Gasteiger partial charge in [-0.1, -0.05) is 36.0 Å². The van der Waals surface area contributed by atoms with Crippen molar-refractivity contribution in [2.45, 2.75) is 25.5 Å². The highest BCUT2D eigenvalue weighted by atomic mass is 32.2. The maximum Gasteiger partial charge on any atom is 0.234 e. The van der Waals surface area contributed by atoms with Gasteiger partial charge in [0.1, 0.15) is 11.3 Å². The number of fused-ring (bicyclic) bond motifs is 3. The van der Waals surface area contributed by atoms with Crippen molar-refractivity contribution in [1.29, 1.82) is 0 Å². The largest absolute Gasteiger partial charge is 0.325 e. The fourth-order valence-electron chi connectivity index (χ4n) is 3.07. The molecule has 4 rings (SSSR count). The highest BCUT2D eigenvalue weighted by molar-refractivity contribution is 7.99. The molecule has 0 bridgehead atoms. The van der Waals surface area contributed by atoms with Crippen LogP contribution in [-0.2, 0) is 11.3 Å². The molecule has 2 aromatic heterocycles. The van der Waals surface area contributed by atoms with E-state index in [1.807, 2.05) is 24.3 Å². The van der Waals surface area contributed by atoms with Crippen molar-refractivity contribution in [3.05, 3.63) is 53.8 Å². The second kappa shape index (κ2) is 7.55. The number of para-hydroxylation sites is 1. The molecule has 0 fully saturated rings. The van der Waals surface area contributed by atoms with E-state index in [9.17, 15) is 9.18 Å². The molecule has 2 aromatic carbocycles. The predicted molar refractivity (Wildman–Crippen MR) is 109 cm³/mol. The maximum absolute atomic E-state index is 13.6. The lowest BCUT2D eigenvalue weighted by atomic mass is 10.2. The number of amides is 1. The van der Waals surface area contributed by atoms with Crippen LogP contribution in [0.3, 0.4) is 0 Å². The Balaban J connectivity index is 1.52. The van der Waals surface area contributed by atoms with Gasteiger partial charge in [-0.05, 0) is 37.6 Å². The van der Waals surface area contributed by atoms with E-state index in [4.69, 9.17) is 0 Å². The highest BCUT2D eigenvalue weighted by Gasteiger charge is 2.14. The molecule has 0 saturated heterocycles. The molecular weight excluding hydrogens is 377 g/mol. The first-order valence-electron chi connectivity index (χ1n) is 8.87. The summed E-state index contributed by atoms with van der Waals surface area (Å²) in [6.45, 7) is 4.48. The Hall–Kier alpha value is -3.00. The number of nitrogens with zero attached hydrogens (tertiary/aromatic N) is 4. The zero-order chi connectivity index (χ0) is 19.7. The van der Waals surface area contributed by atoms with Crippen molar-refractivity contribution in [3.63, 3.8) is 0 Å². The Morgan fingerprint density at radius 1 is 1.21 bits per heavy atom. The molecule has 28 heavy (non-hydrogen) atoms. The van der Waals surface area contributed by atoms with E-state index in [2.05, 4.69) is 32.0 Å². The number of aryl methyl sites for hydroxylation is 2. The van der Waals surface area contributed by atoms with Crippen LogP contribution >= 0.6 is 11.8 Å². The van der Waals surface area contributed by atoms with Gasteiger partial charge in [0.2, 0.25) is 11.1 Å². The van der Waals surface area contributed by atoms with Crippen LogP contribution in [-0.4, -0.2) is 31.4 Å². The first-order valence-corrected chi connectivity index (χ1v) is 9.86. The zero-order valence-corrected chi connectivity index (χ0v) is 16.3. The fraction of sp³-hybridized carbons (Fsp3) is 0.200. The van der Waals surface area contributed by atoms with Crippen LogP contribution in [0.4, 0.5) is 10.1 Å². The van der Waals surface area contributed by atoms with Crippen molar-refractivity contribution in [2.75, 3.05) is 11.1 Å². The van der Waals surface area contributed by atoms with Crippen molar-refractivity contribution in [3.8, 4) is 0 Å². The van der Waals surface area contributed by atoms with E-state index < -0.39 is 0 Å². The zero-order valence-electron chi connectivity index (χ0n) is 15.4. The van der Waals surface area contributed by atoms with Crippen LogP contribution in [0.25, 0.3) is 22.1 Å². The number of hydrogen-bond donors (Lipinski definition) is 1. The third kappa shape index (κ3) is 3.43. The Morgan fingerprint density at radius 2 is 2.04 bits per heavy atom. The second-order valence-corrected chi connectivity index (χ2v) is 7.27. The topological polar surface area (TPSA) is 72.7 Å². The number of rotatable bonds is 5. The molecule has 1 amide bonds. The third-order valence-electron chi connectivity index (χ3n) is 4.46. The van der Waals surface area contributed by atoms with Crippen molar-refractivity contribution in [1.82, 2.24) is 19.7 Å². The second-order valence-electron chi connectivity index (χ2n) is 6.33. The van der Waals surface area contributed by atoms with E-state index in [0.717, 1.165) is 28.6 Å². The molecule has 2 heterocycles. The smallest absolute Gasteiger partial charge is 0.234 e. The lowest BCUT2D eigenvalue weighted by molar-refractivity contribution is -0.113.